The van der Waals surface area contributed by atoms with Crippen molar-refractivity contribution in [3.05, 3.63) is 48.0 Å². The maximum atomic E-state index is 12.6. The van der Waals surface area contributed by atoms with Crippen molar-refractivity contribution in [2.24, 2.45) is 0 Å². The Kier molecular flexibility index (Phi) is 4.80. The minimum atomic E-state index is 0.0688. The van der Waals surface area contributed by atoms with Gasteiger partial charge in [-0.2, -0.15) is 0 Å². The standard InChI is InChI=1S/C16H18ClNO/c1-2-11-18(12-10-17)16(19)15-9-5-7-13-6-3-4-8-14(13)15/h3-9H,2,10-12H2,1H3. The molecule has 0 unspecified atom stereocenters. The first-order chi connectivity index (χ1) is 9.27. The average Bonchev–Trinajstić information content (AvgIpc) is 2.46. The van der Waals surface area contributed by atoms with Crippen molar-refractivity contribution in [1.29, 1.82) is 0 Å². The number of fused-ring (bicyclic) bond motifs is 1. The van der Waals surface area contributed by atoms with Crippen LogP contribution in [0.2, 0.25) is 0 Å². The Balaban J connectivity index is 2.39. The number of rotatable bonds is 5. The number of benzene rings is 2. The summed E-state index contributed by atoms with van der Waals surface area (Å²) in [5, 5.41) is 2.10. The number of amides is 1. The summed E-state index contributed by atoms with van der Waals surface area (Å²) in [6.45, 7) is 3.41. The van der Waals surface area contributed by atoms with E-state index in [1.54, 1.807) is 0 Å². The molecule has 0 aliphatic rings. The molecular weight excluding hydrogens is 258 g/mol. The third-order valence-corrected chi connectivity index (χ3v) is 3.32. The van der Waals surface area contributed by atoms with Crippen LogP contribution in [-0.4, -0.2) is 29.8 Å². The molecule has 0 bridgehead atoms. The van der Waals surface area contributed by atoms with E-state index >= 15 is 0 Å². The molecular formula is C16H18ClNO. The predicted octanol–water partition coefficient (Wildman–Crippen LogP) is 3.93. The number of carbonyl (C=O) groups excluding carboxylic acids is 1. The fourth-order valence-electron chi connectivity index (χ4n) is 2.27. The van der Waals surface area contributed by atoms with Gasteiger partial charge in [0.1, 0.15) is 0 Å². The summed E-state index contributed by atoms with van der Waals surface area (Å²) in [5.74, 6) is 0.538. The lowest BCUT2D eigenvalue weighted by Gasteiger charge is -2.21. The van der Waals surface area contributed by atoms with E-state index in [1.807, 2.05) is 47.4 Å². The highest BCUT2D eigenvalue weighted by Gasteiger charge is 2.16. The minimum Gasteiger partial charge on any atom is -0.337 e. The van der Waals surface area contributed by atoms with Gasteiger partial charge >= 0.3 is 0 Å². The lowest BCUT2D eigenvalue weighted by molar-refractivity contribution is 0.0767. The van der Waals surface area contributed by atoms with E-state index in [1.165, 1.54) is 0 Å². The summed E-state index contributed by atoms with van der Waals surface area (Å²) >= 11 is 5.79. The highest BCUT2D eigenvalue weighted by atomic mass is 35.5. The van der Waals surface area contributed by atoms with Gasteiger partial charge in [-0.25, -0.2) is 0 Å². The van der Waals surface area contributed by atoms with Gasteiger partial charge in [0, 0.05) is 24.5 Å². The summed E-state index contributed by atoms with van der Waals surface area (Å²) in [6.07, 6.45) is 0.938. The van der Waals surface area contributed by atoms with Crippen LogP contribution in [0, 0.1) is 0 Å². The lowest BCUT2D eigenvalue weighted by Crippen LogP contribution is -2.33. The number of halogens is 1. The van der Waals surface area contributed by atoms with Crippen molar-refractivity contribution in [3.63, 3.8) is 0 Å². The molecule has 100 valence electrons. The maximum absolute atomic E-state index is 12.6. The summed E-state index contributed by atoms with van der Waals surface area (Å²) in [5.41, 5.74) is 0.761. The summed E-state index contributed by atoms with van der Waals surface area (Å²) in [6, 6.07) is 13.8. The zero-order valence-corrected chi connectivity index (χ0v) is 11.9. The molecule has 0 saturated carbocycles. The van der Waals surface area contributed by atoms with Gasteiger partial charge in [-0.3, -0.25) is 4.79 Å². The van der Waals surface area contributed by atoms with Gasteiger partial charge in [-0.05, 0) is 23.3 Å². The molecule has 2 nitrogen and oxygen atoms in total. The molecule has 0 aliphatic carbocycles. The molecule has 0 fully saturated rings. The minimum absolute atomic E-state index is 0.0688. The van der Waals surface area contributed by atoms with Crippen molar-refractivity contribution in [1.82, 2.24) is 4.90 Å². The van der Waals surface area contributed by atoms with E-state index in [-0.39, 0.29) is 5.91 Å². The van der Waals surface area contributed by atoms with Gasteiger partial charge in [0.2, 0.25) is 0 Å². The second kappa shape index (κ2) is 6.58. The zero-order chi connectivity index (χ0) is 13.7. The SMILES string of the molecule is CCCN(CCCl)C(=O)c1cccc2ccccc12. The van der Waals surface area contributed by atoms with E-state index in [0.29, 0.717) is 12.4 Å². The van der Waals surface area contributed by atoms with Crippen LogP contribution in [0.1, 0.15) is 23.7 Å². The Hall–Kier alpha value is -1.54. The van der Waals surface area contributed by atoms with Crippen LogP contribution in [0.5, 0.6) is 0 Å². The Morgan fingerprint density at radius 1 is 1.11 bits per heavy atom. The van der Waals surface area contributed by atoms with Crippen molar-refractivity contribution < 1.29 is 4.79 Å². The van der Waals surface area contributed by atoms with E-state index < -0.39 is 0 Å². The monoisotopic (exact) mass is 275 g/mol. The second-order valence-electron chi connectivity index (χ2n) is 4.51. The molecule has 0 aliphatic heterocycles. The molecule has 0 heterocycles. The van der Waals surface area contributed by atoms with Gasteiger partial charge < -0.3 is 4.90 Å². The molecule has 0 saturated heterocycles. The van der Waals surface area contributed by atoms with Gasteiger partial charge in [-0.15, -0.1) is 11.6 Å². The molecule has 0 radical (unpaired) electrons. The van der Waals surface area contributed by atoms with E-state index in [2.05, 4.69) is 6.92 Å². The number of hydrogen-bond acceptors (Lipinski definition) is 1. The molecule has 2 aromatic rings. The maximum Gasteiger partial charge on any atom is 0.254 e. The van der Waals surface area contributed by atoms with E-state index in [0.717, 1.165) is 29.3 Å². The van der Waals surface area contributed by atoms with Crippen LogP contribution in [-0.2, 0) is 0 Å². The molecule has 2 aromatic carbocycles. The second-order valence-corrected chi connectivity index (χ2v) is 4.89. The first-order valence-electron chi connectivity index (χ1n) is 6.61. The Bertz CT molecular complexity index is 556. The van der Waals surface area contributed by atoms with Crippen LogP contribution in [0.3, 0.4) is 0 Å². The molecule has 0 spiro atoms. The largest absolute Gasteiger partial charge is 0.337 e. The van der Waals surface area contributed by atoms with Crippen LogP contribution in [0.15, 0.2) is 42.5 Å². The molecule has 0 N–H and O–H groups in total. The number of hydrogen-bond donors (Lipinski definition) is 0. The quantitative estimate of drug-likeness (QED) is 0.757. The Labute approximate surface area is 119 Å². The summed E-state index contributed by atoms with van der Waals surface area (Å²) in [7, 11) is 0. The van der Waals surface area contributed by atoms with Gasteiger partial charge in [0.15, 0.2) is 0 Å². The molecule has 2 rings (SSSR count). The van der Waals surface area contributed by atoms with E-state index in [9.17, 15) is 4.79 Å². The molecule has 0 atom stereocenters. The van der Waals surface area contributed by atoms with E-state index in [4.69, 9.17) is 11.6 Å². The number of nitrogens with zero attached hydrogens (tertiary/aromatic N) is 1. The van der Waals surface area contributed by atoms with Crippen LogP contribution in [0.25, 0.3) is 10.8 Å². The van der Waals surface area contributed by atoms with Gasteiger partial charge in [-0.1, -0.05) is 43.3 Å². The van der Waals surface area contributed by atoms with Crippen molar-refractivity contribution in [2.45, 2.75) is 13.3 Å². The van der Waals surface area contributed by atoms with Crippen molar-refractivity contribution in [2.75, 3.05) is 19.0 Å². The average molecular weight is 276 g/mol. The topological polar surface area (TPSA) is 20.3 Å². The number of carbonyl (C=O) groups is 1. The zero-order valence-electron chi connectivity index (χ0n) is 11.1. The highest BCUT2D eigenvalue weighted by molar-refractivity contribution is 6.18. The van der Waals surface area contributed by atoms with Crippen LogP contribution < -0.4 is 0 Å². The first-order valence-corrected chi connectivity index (χ1v) is 7.14. The third kappa shape index (κ3) is 3.07. The molecule has 0 aromatic heterocycles. The van der Waals surface area contributed by atoms with Gasteiger partial charge in [0.25, 0.3) is 5.91 Å². The van der Waals surface area contributed by atoms with Crippen molar-refractivity contribution in [3.8, 4) is 0 Å². The number of alkyl halides is 1. The van der Waals surface area contributed by atoms with Crippen LogP contribution >= 0.6 is 11.6 Å². The fraction of sp³-hybridized carbons (Fsp3) is 0.312. The van der Waals surface area contributed by atoms with Gasteiger partial charge in [0.05, 0.1) is 0 Å². The smallest absolute Gasteiger partial charge is 0.254 e. The fourth-order valence-corrected chi connectivity index (χ4v) is 2.47. The molecule has 19 heavy (non-hydrogen) atoms. The Morgan fingerprint density at radius 2 is 1.84 bits per heavy atom. The lowest BCUT2D eigenvalue weighted by atomic mass is 10.0. The Morgan fingerprint density at radius 3 is 2.58 bits per heavy atom. The normalized spacial score (nSPS) is 10.6. The molecule has 1 amide bonds. The summed E-state index contributed by atoms with van der Waals surface area (Å²) in [4.78, 5) is 14.4. The van der Waals surface area contributed by atoms with Crippen LogP contribution in [0.4, 0.5) is 0 Å². The highest BCUT2D eigenvalue weighted by Crippen LogP contribution is 2.20. The first kappa shape index (κ1) is 13.9. The third-order valence-electron chi connectivity index (χ3n) is 3.16. The van der Waals surface area contributed by atoms with Crippen molar-refractivity contribution >= 4 is 28.3 Å². The predicted molar refractivity (Wildman–Crippen MR) is 80.9 cm³/mol. The summed E-state index contributed by atoms with van der Waals surface area (Å²) < 4.78 is 0. The molecule has 3 heteroatoms.